The molecular formula is C12H16N2O2S3. The van der Waals surface area contributed by atoms with E-state index in [0.29, 0.717) is 11.4 Å². The zero-order valence-corrected chi connectivity index (χ0v) is 13.2. The van der Waals surface area contributed by atoms with Crippen LogP contribution in [0.25, 0.3) is 0 Å². The van der Waals surface area contributed by atoms with Crippen molar-refractivity contribution >= 4 is 32.7 Å². The van der Waals surface area contributed by atoms with E-state index in [9.17, 15) is 8.42 Å². The first-order chi connectivity index (χ1) is 8.96. The molecule has 0 aliphatic rings. The summed E-state index contributed by atoms with van der Waals surface area (Å²) in [6.07, 6.45) is 0. The first-order valence-corrected chi connectivity index (χ1v) is 8.95. The standard InChI is InChI=1S/C12H16N2O2S3/c1-9(12-4-3-5-17-12)14(2)19(15,16)11-6-10(7-13)18-8-11/h3-6,8-9H,7,13H2,1-2H3. The van der Waals surface area contributed by atoms with E-state index in [0.717, 1.165) is 9.75 Å². The normalized spacial score (nSPS) is 13.9. The van der Waals surface area contributed by atoms with Crippen molar-refractivity contribution in [1.29, 1.82) is 0 Å². The Hall–Kier alpha value is -0.730. The molecule has 7 heteroatoms. The van der Waals surface area contributed by atoms with Crippen LogP contribution in [-0.2, 0) is 16.6 Å². The lowest BCUT2D eigenvalue weighted by Gasteiger charge is -2.22. The summed E-state index contributed by atoms with van der Waals surface area (Å²) in [4.78, 5) is 2.22. The molecule has 0 spiro atoms. The second kappa shape index (κ2) is 5.72. The molecule has 2 N–H and O–H groups in total. The molecule has 0 saturated carbocycles. The van der Waals surface area contributed by atoms with Crippen LogP contribution in [0.2, 0.25) is 0 Å². The van der Waals surface area contributed by atoms with Gasteiger partial charge in [0.15, 0.2) is 0 Å². The van der Waals surface area contributed by atoms with Gasteiger partial charge in [-0.3, -0.25) is 0 Å². The highest BCUT2D eigenvalue weighted by molar-refractivity contribution is 7.89. The highest BCUT2D eigenvalue weighted by Crippen LogP contribution is 2.30. The number of hydrogen-bond acceptors (Lipinski definition) is 5. The third-order valence-corrected chi connectivity index (χ3v) is 7.06. The third-order valence-electron chi connectivity index (χ3n) is 3.01. The summed E-state index contributed by atoms with van der Waals surface area (Å²) < 4.78 is 26.4. The molecule has 0 radical (unpaired) electrons. The number of rotatable bonds is 5. The van der Waals surface area contributed by atoms with Crippen molar-refractivity contribution in [3.63, 3.8) is 0 Å². The number of thiophene rings is 2. The minimum atomic E-state index is -3.46. The maximum absolute atomic E-state index is 12.5. The molecule has 0 fully saturated rings. The summed E-state index contributed by atoms with van der Waals surface area (Å²) in [7, 11) is -1.85. The molecule has 1 unspecified atom stereocenters. The molecule has 2 aromatic heterocycles. The van der Waals surface area contributed by atoms with E-state index in [-0.39, 0.29) is 6.04 Å². The topological polar surface area (TPSA) is 63.4 Å². The Balaban J connectivity index is 2.28. The Morgan fingerprint density at radius 2 is 2.16 bits per heavy atom. The van der Waals surface area contributed by atoms with Crippen molar-refractivity contribution in [2.75, 3.05) is 7.05 Å². The molecule has 2 aromatic rings. The van der Waals surface area contributed by atoms with Gasteiger partial charge in [-0.2, -0.15) is 4.31 Å². The van der Waals surface area contributed by atoms with Crippen molar-refractivity contribution in [1.82, 2.24) is 4.31 Å². The van der Waals surface area contributed by atoms with E-state index in [1.165, 1.54) is 15.6 Å². The average Bonchev–Trinajstić information content (AvgIpc) is 3.07. The fourth-order valence-corrected chi connectivity index (χ4v) is 5.06. The van der Waals surface area contributed by atoms with E-state index in [2.05, 4.69) is 0 Å². The minimum Gasteiger partial charge on any atom is -0.326 e. The van der Waals surface area contributed by atoms with Gasteiger partial charge in [0, 0.05) is 28.7 Å². The average molecular weight is 316 g/mol. The van der Waals surface area contributed by atoms with Gasteiger partial charge in [0.2, 0.25) is 10.0 Å². The lowest BCUT2D eigenvalue weighted by atomic mass is 10.3. The van der Waals surface area contributed by atoms with E-state index in [4.69, 9.17) is 5.73 Å². The van der Waals surface area contributed by atoms with Crippen molar-refractivity contribution in [2.24, 2.45) is 5.73 Å². The molecule has 0 amide bonds. The quantitative estimate of drug-likeness (QED) is 0.922. The van der Waals surface area contributed by atoms with E-state index >= 15 is 0 Å². The Bertz CT molecular complexity index is 632. The summed E-state index contributed by atoms with van der Waals surface area (Å²) in [6.45, 7) is 2.25. The van der Waals surface area contributed by atoms with E-state index in [1.807, 2.05) is 24.4 Å². The summed E-state index contributed by atoms with van der Waals surface area (Å²) in [6, 6.07) is 5.35. The Morgan fingerprint density at radius 1 is 1.42 bits per heavy atom. The molecule has 0 aliphatic heterocycles. The largest absolute Gasteiger partial charge is 0.326 e. The van der Waals surface area contributed by atoms with Crippen LogP contribution in [0, 0.1) is 0 Å². The second-order valence-corrected chi connectivity index (χ2v) is 8.14. The number of sulfonamides is 1. The molecule has 0 aromatic carbocycles. The first kappa shape index (κ1) is 14.7. The van der Waals surface area contributed by atoms with Crippen LogP contribution in [0.5, 0.6) is 0 Å². The predicted octanol–water partition coefficient (Wildman–Crippen LogP) is 2.65. The molecule has 2 heterocycles. The zero-order chi connectivity index (χ0) is 14.0. The van der Waals surface area contributed by atoms with Gasteiger partial charge >= 0.3 is 0 Å². The van der Waals surface area contributed by atoms with Gasteiger partial charge in [-0.05, 0) is 24.4 Å². The van der Waals surface area contributed by atoms with Gasteiger partial charge in [0.1, 0.15) is 0 Å². The maximum Gasteiger partial charge on any atom is 0.244 e. The first-order valence-electron chi connectivity index (χ1n) is 5.75. The molecule has 0 aliphatic carbocycles. The Morgan fingerprint density at radius 3 is 2.68 bits per heavy atom. The minimum absolute atomic E-state index is 0.175. The SMILES string of the molecule is CC(c1cccs1)N(C)S(=O)(=O)c1csc(CN)c1. The Kier molecular flexibility index (Phi) is 4.42. The van der Waals surface area contributed by atoms with E-state index < -0.39 is 10.0 Å². The second-order valence-electron chi connectivity index (χ2n) is 4.17. The monoisotopic (exact) mass is 316 g/mol. The van der Waals surface area contributed by atoms with Crippen LogP contribution >= 0.6 is 22.7 Å². The molecular weight excluding hydrogens is 300 g/mol. The Labute approximate surface area is 121 Å². The van der Waals surface area contributed by atoms with Gasteiger partial charge in [-0.25, -0.2) is 8.42 Å². The van der Waals surface area contributed by atoms with E-state index in [1.54, 1.807) is 29.8 Å². The lowest BCUT2D eigenvalue weighted by molar-refractivity contribution is 0.403. The van der Waals surface area contributed by atoms with Crippen LogP contribution in [-0.4, -0.2) is 19.8 Å². The van der Waals surface area contributed by atoms with Crippen molar-refractivity contribution in [3.05, 3.63) is 38.7 Å². The van der Waals surface area contributed by atoms with Gasteiger partial charge < -0.3 is 5.73 Å². The van der Waals surface area contributed by atoms with Crippen molar-refractivity contribution < 1.29 is 8.42 Å². The molecule has 1 atom stereocenters. The molecule has 0 bridgehead atoms. The van der Waals surface area contributed by atoms with Crippen molar-refractivity contribution in [2.45, 2.75) is 24.4 Å². The summed E-state index contributed by atoms with van der Waals surface area (Å²) in [5, 5.41) is 3.60. The third kappa shape index (κ3) is 2.90. The molecule has 19 heavy (non-hydrogen) atoms. The van der Waals surface area contributed by atoms with Crippen LogP contribution in [0.3, 0.4) is 0 Å². The van der Waals surface area contributed by atoms with Crippen LogP contribution in [0.4, 0.5) is 0 Å². The van der Waals surface area contributed by atoms with Gasteiger partial charge in [-0.15, -0.1) is 22.7 Å². The van der Waals surface area contributed by atoms with Crippen LogP contribution < -0.4 is 5.73 Å². The van der Waals surface area contributed by atoms with Crippen LogP contribution in [0.15, 0.2) is 33.9 Å². The molecule has 2 rings (SSSR count). The molecule has 104 valence electrons. The van der Waals surface area contributed by atoms with Crippen LogP contribution in [0.1, 0.15) is 22.7 Å². The number of nitrogens with two attached hydrogens (primary N) is 1. The van der Waals surface area contributed by atoms with Gasteiger partial charge in [-0.1, -0.05) is 6.07 Å². The predicted molar refractivity (Wildman–Crippen MR) is 79.9 cm³/mol. The van der Waals surface area contributed by atoms with Crippen molar-refractivity contribution in [3.8, 4) is 0 Å². The fraction of sp³-hybridized carbons (Fsp3) is 0.333. The summed E-state index contributed by atoms with van der Waals surface area (Å²) in [5.74, 6) is 0. The summed E-state index contributed by atoms with van der Waals surface area (Å²) >= 11 is 2.93. The summed E-state index contributed by atoms with van der Waals surface area (Å²) in [5.41, 5.74) is 5.52. The maximum atomic E-state index is 12.5. The van der Waals surface area contributed by atoms with Gasteiger partial charge in [0.25, 0.3) is 0 Å². The number of hydrogen-bond donors (Lipinski definition) is 1. The zero-order valence-electron chi connectivity index (χ0n) is 10.7. The lowest BCUT2D eigenvalue weighted by Crippen LogP contribution is -2.29. The van der Waals surface area contributed by atoms with Gasteiger partial charge in [0.05, 0.1) is 10.9 Å². The highest BCUT2D eigenvalue weighted by Gasteiger charge is 2.27. The fourth-order valence-electron chi connectivity index (χ4n) is 1.69. The smallest absolute Gasteiger partial charge is 0.244 e. The number of nitrogens with zero attached hydrogens (tertiary/aromatic N) is 1. The highest BCUT2D eigenvalue weighted by atomic mass is 32.2. The molecule has 4 nitrogen and oxygen atoms in total. The molecule has 0 saturated heterocycles.